The van der Waals surface area contributed by atoms with Gasteiger partial charge < -0.3 is 4.57 Å². The van der Waals surface area contributed by atoms with Crippen molar-refractivity contribution in [2.45, 2.75) is 39.2 Å². The molecule has 1 aromatic carbocycles. The lowest BCUT2D eigenvalue weighted by molar-refractivity contribution is 0.604. The molecule has 0 atom stereocenters. The summed E-state index contributed by atoms with van der Waals surface area (Å²) in [5, 5.41) is 8.27. The SMILES string of the molecule is CC(C)n1cnnc1-c1ccc2c(c1)CCC2. The second-order valence-corrected chi connectivity index (χ2v) is 4.99. The van der Waals surface area contributed by atoms with Crippen molar-refractivity contribution in [1.82, 2.24) is 14.8 Å². The number of aromatic nitrogens is 3. The van der Waals surface area contributed by atoms with Crippen molar-refractivity contribution >= 4 is 0 Å². The molecule has 2 aromatic rings. The van der Waals surface area contributed by atoms with Crippen molar-refractivity contribution < 1.29 is 0 Å². The fourth-order valence-corrected chi connectivity index (χ4v) is 2.54. The van der Waals surface area contributed by atoms with Crippen LogP contribution >= 0.6 is 0 Å². The van der Waals surface area contributed by atoms with Crippen LogP contribution < -0.4 is 0 Å². The number of benzene rings is 1. The minimum absolute atomic E-state index is 0.397. The van der Waals surface area contributed by atoms with Crippen molar-refractivity contribution in [3.63, 3.8) is 0 Å². The van der Waals surface area contributed by atoms with Crippen LogP contribution in [0.5, 0.6) is 0 Å². The molecule has 0 fully saturated rings. The maximum Gasteiger partial charge on any atom is 0.163 e. The smallest absolute Gasteiger partial charge is 0.163 e. The van der Waals surface area contributed by atoms with Crippen LogP contribution in [-0.4, -0.2) is 14.8 Å². The number of aryl methyl sites for hydroxylation is 2. The number of hydrogen-bond donors (Lipinski definition) is 0. The van der Waals surface area contributed by atoms with Gasteiger partial charge in [0.15, 0.2) is 5.82 Å². The average Bonchev–Trinajstić information content (AvgIpc) is 2.96. The third-order valence-corrected chi connectivity index (χ3v) is 3.49. The van der Waals surface area contributed by atoms with Crippen molar-refractivity contribution in [3.8, 4) is 11.4 Å². The van der Waals surface area contributed by atoms with Crippen LogP contribution in [0.1, 0.15) is 37.4 Å². The third-order valence-electron chi connectivity index (χ3n) is 3.49. The zero-order valence-corrected chi connectivity index (χ0v) is 10.3. The van der Waals surface area contributed by atoms with E-state index in [-0.39, 0.29) is 0 Å². The topological polar surface area (TPSA) is 30.7 Å². The van der Waals surface area contributed by atoms with Crippen molar-refractivity contribution in [2.75, 3.05) is 0 Å². The molecule has 0 saturated carbocycles. The predicted molar refractivity (Wildman–Crippen MR) is 67.9 cm³/mol. The van der Waals surface area contributed by atoms with E-state index in [0.717, 1.165) is 5.82 Å². The molecule has 3 rings (SSSR count). The highest BCUT2D eigenvalue weighted by atomic mass is 15.3. The summed E-state index contributed by atoms with van der Waals surface area (Å²) in [5.74, 6) is 0.981. The van der Waals surface area contributed by atoms with Gasteiger partial charge in [0.1, 0.15) is 6.33 Å². The first-order valence-electron chi connectivity index (χ1n) is 6.27. The zero-order chi connectivity index (χ0) is 11.8. The molecule has 0 aliphatic heterocycles. The molecule has 1 aromatic heterocycles. The Labute approximate surface area is 101 Å². The van der Waals surface area contributed by atoms with E-state index in [1.54, 1.807) is 0 Å². The molecule has 1 aliphatic rings. The van der Waals surface area contributed by atoms with Crippen LogP contribution in [0.2, 0.25) is 0 Å². The molecule has 1 heterocycles. The molecule has 88 valence electrons. The molecule has 0 bridgehead atoms. The van der Waals surface area contributed by atoms with Crippen LogP contribution in [0.15, 0.2) is 24.5 Å². The lowest BCUT2D eigenvalue weighted by atomic mass is 10.1. The first-order chi connectivity index (χ1) is 8.25. The van der Waals surface area contributed by atoms with Crippen molar-refractivity contribution in [1.29, 1.82) is 0 Å². The summed E-state index contributed by atoms with van der Waals surface area (Å²) in [6.07, 6.45) is 5.54. The fourth-order valence-electron chi connectivity index (χ4n) is 2.54. The second-order valence-electron chi connectivity index (χ2n) is 4.99. The highest BCUT2D eigenvalue weighted by Crippen LogP contribution is 2.27. The van der Waals surface area contributed by atoms with Crippen LogP contribution in [0.3, 0.4) is 0 Å². The van der Waals surface area contributed by atoms with Crippen LogP contribution in [0, 0.1) is 0 Å². The quantitative estimate of drug-likeness (QED) is 0.789. The first kappa shape index (κ1) is 10.5. The molecule has 0 radical (unpaired) electrons. The van der Waals surface area contributed by atoms with Crippen molar-refractivity contribution in [2.24, 2.45) is 0 Å². The Morgan fingerprint density at radius 1 is 1.18 bits per heavy atom. The minimum Gasteiger partial charge on any atom is -0.311 e. The van der Waals surface area contributed by atoms with Crippen LogP contribution in [0.25, 0.3) is 11.4 Å². The fraction of sp³-hybridized carbons (Fsp3) is 0.429. The molecule has 3 nitrogen and oxygen atoms in total. The minimum atomic E-state index is 0.397. The molecule has 0 unspecified atom stereocenters. The molecule has 0 amide bonds. The standard InChI is InChI=1S/C14H17N3/c1-10(2)17-9-15-16-14(17)13-7-6-11-4-3-5-12(11)8-13/h6-10H,3-5H2,1-2H3. The van der Waals surface area contributed by atoms with Crippen LogP contribution in [-0.2, 0) is 12.8 Å². The number of fused-ring (bicyclic) bond motifs is 1. The Kier molecular flexibility index (Phi) is 2.46. The van der Waals surface area contributed by atoms with E-state index < -0.39 is 0 Å². The zero-order valence-electron chi connectivity index (χ0n) is 10.3. The van der Waals surface area contributed by atoms with E-state index in [9.17, 15) is 0 Å². The second kappa shape index (κ2) is 3.99. The van der Waals surface area contributed by atoms with Gasteiger partial charge in [0.05, 0.1) is 0 Å². The molecule has 17 heavy (non-hydrogen) atoms. The Morgan fingerprint density at radius 3 is 2.82 bits per heavy atom. The van der Waals surface area contributed by atoms with E-state index in [4.69, 9.17) is 0 Å². The lowest BCUT2D eigenvalue weighted by Crippen LogP contribution is -2.02. The molecular weight excluding hydrogens is 210 g/mol. The van der Waals surface area contributed by atoms with Gasteiger partial charge in [-0.25, -0.2) is 0 Å². The maximum atomic E-state index is 4.25. The van der Waals surface area contributed by atoms with Gasteiger partial charge in [-0.1, -0.05) is 12.1 Å². The van der Waals surface area contributed by atoms with Gasteiger partial charge in [-0.15, -0.1) is 10.2 Å². The number of rotatable bonds is 2. The third kappa shape index (κ3) is 1.75. The van der Waals surface area contributed by atoms with E-state index >= 15 is 0 Å². The van der Waals surface area contributed by atoms with Gasteiger partial charge in [-0.2, -0.15) is 0 Å². The van der Waals surface area contributed by atoms with E-state index in [1.807, 2.05) is 6.33 Å². The summed E-state index contributed by atoms with van der Waals surface area (Å²) in [4.78, 5) is 0. The number of nitrogens with zero attached hydrogens (tertiary/aromatic N) is 3. The molecule has 0 saturated heterocycles. The van der Waals surface area contributed by atoms with Crippen LogP contribution in [0.4, 0.5) is 0 Å². The van der Waals surface area contributed by atoms with Crippen molar-refractivity contribution in [3.05, 3.63) is 35.7 Å². The lowest BCUT2D eigenvalue weighted by Gasteiger charge is -2.10. The van der Waals surface area contributed by atoms with E-state index in [0.29, 0.717) is 6.04 Å². The Hall–Kier alpha value is -1.64. The largest absolute Gasteiger partial charge is 0.311 e. The van der Waals surface area contributed by atoms with E-state index in [2.05, 4.69) is 46.8 Å². The van der Waals surface area contributed by atoms with Gasteiger partial charge in [-0.3, -0.25) is 0 Å². The van der Waals surface area contributed by atoms with E-state index in [1.165, 1.54) is 36.0 Å². The summed E-state index contributed by atoms with van der Waals surface area (Å²) in [5.41, 5.74) is 4.18. The van der Waals surface area contributed by atoms with Gasteiger partial charge >= 0.3 is 0 Å². The maximum absolute atomic E-state index is 4.25. The molecular formula is C14H17N3. The molecule has 1 aliphatic carbocycles. The molecule has 3 heteroatoms. The predicted octanol–water partition coefficient (Wildman–Crippen LogP) is 3.01. The van der Waals surface area contributed by atoms with Gasteiger partial charge in [0, 0.05) is 11.6 Å². The normalized spacial score (nSPS) is 14.3. The summed E-state index contributed by atoms with van der Waals surface area (Å²) >= 11 is 0. The summed E-state index contributed by atoms with van der Waals surface area (Å²) in [7, 11) is 0. The highest BCUT2D eigenvalue weighted by Gasteiger charge is 2.14. The average molecular weight is 227 g/mol. The molecule has 0 N–H and O–H groups in total. The van der Waals surface area contributed by atoms with Gasteiger partial charge in [-0.05, 0) is 50.3 Å². The van der Waals surface area contributed by atoms with Gasteiger partial charge in [0.2, 0.25) is 0 Å². The Balaban J connectivity index is 2.06. The monoisotopic (exact) mass is 227 g/mol. The number of hydrogen-bond acceptors (Lipinski definition) is 2. The first-order valence-corrected chi connectivity index (χ1v) is 6.27. The summed E-state index contributed by atoms with van der Waals surface area (Å²) in [6.45, 7) is 4.31. The van der Waals surface area contributed by atoms with Gasteiger partial charge in [0.25, 0.3) is 0 Å². The Morgan fingerprint density at radius 2 is 2.00 bits per heavy atom. The Bertz CT molecular complexity index is 540. The molecule has 0 spiro atoms. The summed E-state index contributed by atoms with van der Waals surface area (Å²) in [6, 6.07) is 7.10. The highest BCUT2D eigenvalue weighted by molar-refractivity contribution is 5.58. The summed E-state index contributed by atoms with van der Waals surface area (Å²) < 4.78 is 2.12.